The average molecular weight is 521 g/mol. The van der Waals surface area contributed by atoms with Gasteiger partial charge in [-0.3, -0.25) is 0 Å². The summed E-state index contributed by atoms with van der Waals surface area (Å²) in [5.41, 5.74) is 0. The molecule has 30 heavy (non-hydrogen) atoms. The Hall–Kier alpha value is -1.60. The van der Waals surface area contributed by atoms with Gasteiger partial charge in [0.1, 0.15) is 0 Å². The molecule has 3 heteroatoms. The zero-order chi connectivity index (χ0) is 21.0. The van der Waals surface area contributed by atoms with E-state index < -0.39 is 0 Å². The van der Waals surface area contributed by atoms with Crippen LogP contribution in [0.15, 0.2) is 121 Å². The topological polar surface area (TPSA) is 0 Å². The maximum atomic E-state index is 2.31. The van der Waals surface area contributed by atoms with E-state index in [2.05, 4.69) is 135 Å². The van der Waals surface area contributed by atoms with Crippen LogP contribution in [-0.4, -0.2) is 0 Å². The van der Waals surface area contributed by atoms with Crippen LogP contribution >= 0.6 is 12.2 Å². The molecule has 0 nitrogen and oxygen atoms in total. The van der Waals surface area contributed by atoms with Gasteiger partial charge in [-0.25, -0.2) is 0 Å². The van der Waals surface area contributed by atoms with Crippen LogP contribution in [0.4, 0.5) is 0 Å². The molecule has 0 aliphatic carbocycles. The summed E-state index contributed by atoms with van der Waals surface area (Å²) in [5.74, 6) is 0. The summed E-state index contributed by atoms with van der Waals surface area (Å²) in [5, 5.41) is 5.92. The van der Waals surface area contributed by atoms with E-state index in [-0.39, 0.29) is 12.2 Å². The van der Waals surface area contributed by atoms with Gasteiger partial charge in [0.05, 0.1) is 0 Å². The van der Waals surface area contributed by atoms with E-state index in [1.165, 1.54) is 27.6 Å². The molecular formula is C27H28P2Pd. The molecule has 4 rings (SSSR count). The van der Waals surface area contributed by atoms with E-state index in [0.29, 0.717) is 17.0 Å². The Morgan fingerprint density at radius 1 is 0.433 bits per heavy atom. The molecule has 4 aromatic rings. The summed E-state index contributed by atoms with van der Waals surface area (Å²) in [7, 11) is 0. The first-order valence-electron chi connectivity index (χ1n) is 10.2. The van der Waals surface area contributed by atoms with Crippen molar-refractivity contribution in [2.75, 3.05) is 0 Å². The van der Waals surface area contributed by atoms with Crippen molar-refractivity contribution in [2.24, 2.45) is 0 Å². The van der Waals surface area contributed by atoms with E-state index in [0.717, 1.165) is 0 Å². The van der Waals surface area contributed by atoms with E-state index in [1.54, 1.807) is 0 Å². The predicted molar refractivity (Wildman–Crippen MR) is 134 cm³/mol. The minimum absolute atomic E-state index is 0.359. The van der Waals surface area contributed by atoms with Gasteiger partial charge in [-0.05, 0) is 0 Å². The molecular weight excluding hydrogens is 493 g/mol. The van der Waals surface area contributed by atoms with Gasteiger partial charge < -0.3 is 0 Å². The van der Waals surface area contributed by atoms with Gasteiger partial charge in [0.15, 0.2) is 0 Å². The molecule has 0 atom stereocenters. The molecule has 156 valence electrons. The van der Waals surface area contributed by atoms with Crippen molar-refractivity contribution in [3.05, 3.63) is 121 Å². The summed E-state index contributed by atoms with van der Waals surface area (Å²) in [6.07, 6.45) is 0.533. The molecule has 0 heterocycles. The SMILES string of the molecule is CCC.c1ccc([P]([Pd][P](c2ccccc2)c2ccccc2)c2ccccc2)cc1. The van der Waals surface area contributed by atoms with Crippen LogP contribution in [-0.2, 0) is 17.0 Å². The summed E-state index contributed by atoms with van der Waals surface area (Å²) in [6.45, 7) is 4.25. The second-order valence-electron chi connectivity index (χ2n) is 6.62. The van der Waals surface area contributed by atoms with Crippen molar-refractivity contribution >= 4 is 33.4 Å². The molecule has 0 N–H and O–H groups in total. The fourth-order valence-corrected chi connectivity index (χ4v) is 18.7. The molecule has 0 spiro atoms. The molecule has 0 radical (unpaired) electrons. The van der Waals surface area contributed by atoms with E-state index in [9.17, 15) is 0 Å². The summed E-state index contributed by atoms with van der Waals surface area (Å²) >= 11 is 0.598. The Labute approximate surface area is 191 Å². The van der Waals surface area contributed by atoms with E-state index in [4.69, 9.17) is 0 Å². The monoisotopic (exact) mass is 520 g/mol. The molecule has 0 aromatic heterocycles. The zero-order valence-electron chi connectivity index (χ0n) is 17.5. The molecule has 0 amide bonds. The average Bonchev–Trinajstić information content (AvgIpc) is 2.83. The molecule has 0 bridgehead atoms. The van der Waals surface area contributed by atoms with Crippen molar-refractivity contribution in [1.82, 2.24) is 0 Å². The van der Waals surface area contributed by atoms with Gasteiger partial charge in [0.2, 0.25) is 0 Å². The fraction of sp³-hybridized carbons (Fsp3) is 0.111. The molecule has 0 saturated carbocycles. The van der Waals surface area contributed by atoms with Crippen molar-refractivity contribution < 1.29 is 17.0 Å². The van der Waals surface area contributed by atoms with Gasteiger partial charge >= 0.3 is 172 Å². The molecule has 0 unspecified atom stereocenters. The summed E-state index contributed by atoms with van der Waals surface area (Å²) < 4.78 is 0. The molecule has 4 aromatic carbocycles. The number of rotatable bonds is 6. The van der Waals surface area contributed by atoms with Crippen LogP contribution in [0, 0.1) is 0 Å². The van der Waals surface area contributed by atoms with E-state index in [1.807, 2.05) is 0 Å². The standard InChI is InChI=1S/2C12H10P.C3H8.Pd/c2*1-3-7-11(8-4-1)13-12-9-5-2-6-10-12;1-3-2;/h2*1-10H;3H2,1-2H3;/q2*-1;;+2. The predicted octanol–water partition coefficient (Wildman–Crippen LogP) is 6.58. The second kappa shape index (κ2) is 13.0. The first-order chi connectivity index (χ1) is 14.8. The Bertz CT molecular complexity index is 801. The van der Waals surface area contributed by atoms with Crippen LogP contribution in [0.5, 0.6) is 0 Å². The second-order valence-corrected chi connectivity index (χ2v) is 17.2. The third-order valence-corrected chi connectivity index (χ3v) is 18.3. The quantitative estimate of drug-likeness (QED) is 0.199. The summed E-state index contributed by atoms with van der Waals surface area (Å²) in [6, 6.07) is 44.3. The number of hydrogen-bond acceptors (Lipinski definition) is 0. The molecule has 0 aliphatic heterocycles. The number of hydrogen-bond donors (Lipinski definition) is 0. The Morgan fingerprint density at radius 3 is 0.833 bits per heavy atom. The van der Waals surface area contributed by atoms with Crippen LogP contribution in [0.3, 0.4) is 0 Å². The van der Waals surface area contributed by atoms with Crippen molar-refractivity contribution in [3.63, 3.8) is 0 Å². The van der Waals surface area contributed by atoms with Crippen molar-refractivity contribution in [3.8, 4) is 0 Å². The van der Waals surface area contributed by atoms with Gasteiger partial charge in [-0.1, -0.05) is 20.3 Å². The van der Waals surface area contributed by atoms with Gasteiger partial charge in [-0.2, -0.15) is 0 Å². The van der Waals surface area contributed by atoms with Crippen molar-refractivity contribution in [2.45, 2.75) is 20.3 Å². The first kappa shape index (κ1) is 23.1. The maximum absolute atomic E-state index is 2.31. The van der Waals surface area contributed by atoms with Crippen LogP contribution in [0.1, 0.15) is 20.3 Å². The summed E-state index contributed by atoms with van der Waals surface area (Å²) in [4.78, 5) is 0. The minimum atomic E-state index is -0.359. The fourth-order valence-electron chi connectivity index (χ4n) is 2.71. The van der Waals surface area contributed by atoms with E-state index >= 15 is 0 Å². The van der Waals surface area contributed by atoms with Gasteiger partial charge in [-0.15, -0.1) is 0 Å². The van der Waals surface area contributed by atoms with Crippen molar-refractivity contribution in [1.29, 1.82) is 0 Å². The first-order valence-corrected chi connectivity index (χ1v) is 16.8. The zero-order valence-corrected chi connectivity index (χ0v) is 20.8. The van der Waals surface area contributed by atoms with Crippen LogP contribution in [0.2, 0.25) is 0 Å². The Balaban J connectivity index is 0.000000806. The van der Waals surface area contributed by atoms with Gasteiger partial charge in [0.25, 0.3) is 0 Å². The third-order valence-electron chi connectivity index (χ3n) is 3.99. The Kier molecular flexibility index (Phi) is 9.96. The molecule has 0 aliphatic rings. The number of benzene rings is 4. The Morgan fingerprint density at radius 2 is 0.633 bits per heavy atom. The van der Waals surface area contributed by atoms with Gasteiger partial charge in [0, 0.05) is 0 Å². The third kappa shape index (κ3) is 6.71. The molecule has 0 fully saturated rings. The van der Waals surface area contributed by atoms with Crippen LogP contribution in [0.25, 0.3) is 0 Å². The molecule has 0 saturated heterocycles. The normalized spacial score (nSPS) is 10.7. The van der Waals surface area contributed by atoms with Crippen LogP contribution < -0.4 is 21.2 Å².